The predicted molar refractivity (Wildman–Crippen MR) is 101 cm³/mol. The molecule has 2 atom stereocenters. The molecule has 0 aliphatic heterocycles. The molecule has 1 fully saturated rings. The first-order chi connectivity index (χ1) is 12.4. The average molecular weight is 349 g/mol. The molecule has 1 amide bonds. The zero-order valence-corrected chi connectivity index (χ0v) is 15.6. The van der Waals surface area contributed by atoms with Crippen LogP contribution in [-0.2, 0) is 17.6 Å². The maximum Gasteiger partial charge on any atom is 0.223 e. The molecule has 5 rings (SSSR count). The molecule has 0 saturated heterocycles. The van der Waals surface area contributed by atoms with Gasteiger partial charge < -0.3 is 9.88 Å². The van der Waals surface area contributed by atoms with Crippen LogP contribution in [0.3, 0.4) is 0 Å². The SMILES string of the molecule is CC(=O)N(C)c1cc2nc(-c3n[nH]c4c3C[C@@H]3C[C@]3(C)C4)[nH]c2cc1C. The average Bonchev–Trinajstić information content (AvgIpc) is 2.90. The molecule has 1 saturated carbocycles. The van der Waals surface area contributed by atoms with E-state index in [1.54, 1.807) is 18.9 Å². The smallest absolute Gasteiger partial charge is 0.223 e. The Kier molecular flexibility index (Phi) is 2.98. The second-order valence-corrected chi connectivity index (χ2v) is 8.28. The van der Waals surface area contributed by atoms with Crippen LogP contribution in [0.1, 0.15) is 37.1 Å². The molecule has 2 heterocycles. The first-order valence-corrected chi connectivity index (χ1v) is 9.17. The molecule has 0 spiro atoms. The van der Waals surface area contributed by atoms with Crippen LogP contribution in [0, 0.1) is 18.3 Å². The number of aromatic amines is 2. The Balaban J connectivity index is 1.58. The number of rotatable bonds is 2. The molecular weight excluding hydrogens is 326 g/mol. The standard InChI is InChI=1S/C20H23N5O/c1-10-5-14-15(7-17(10)25(4)11(2)26)22-19(21-14)18-13-6-12-8-20(12,3)9-16(13)23-24-18/h5,7,12H,6,8-9H2,1-4H3,(H,21,22)(H,23,24)/t12-,20-/m1/s1. The molecule has 134 valence electrons. The summed E-state index contributed by atoms with van der Waals surface area (Å²) in [6.07, 6.45) is 3.49. The van der Waals surface area contributed by atoms with E-state index >= 15 is 0 Å². The van der Waals surface area contributed by atoms with E-state index in [1.807, 2.05) is 13.0 Å². The van der Waals surface area contributed by atoms with E-state index in [2.05, 4.69) is 28.2 Å². The molecule has 3 aromatic rings. The number of imidazole rings is 1. The maximum absolute atomic E-state index is 11.7. The number of hydrogen-bond acceptors (Lipinski definition) is 3. The Labute approximate surface area is 152 Å². The fraction of sp³-hybridized carbons (Fsp3) is 0.450. The Hall–Kier alpha value is -2.63. The number of anilines is 1. The second kappa shape index (κ2) is 4.96. The summed E-state index contributed by atoms with van der Waals surface area (Å²) in [6, 6.07) is 4.03. The minimum atomic E-state index is 0.0112. The number of aryl methyl sites for hydroxylation is 1. The van der Waals surface area contributed by atoms with Gasteiger partial charge in [-0.15, -0.1) is 0 Å². The quantitative estimate of drug-likeness (QED) is 0.744. The number of H-pyrrole nitrogens is 2. The van der Waals surface area contributed by atoms with Crippen molar-refractivity contribution < 1.29 is 4.79 Å². The lowest BCUT2D eigenvalue weighted by Crippen LogP contribution is -2.23. The molecule has 1 aromatic carbocycles. The topological polar surface area (TPSA) is 77.7 Å². The zero-order valence-electron chi connectivity index (χ0n) is 15.6. The molecule has 26 heavy (non-hydrogen) atoms. The summed E-state index contributed by atoms with van der Waals surface area (Å²) in [5, 5.41) is 7.82. The van der Waals surface area contributed by atoms with E-state index in [9.17, 15) is 4.79 Å². The van der Waals surface area contributed by atoms with E-state index in [0.29, 0.717) is 5.41 Å². The summed E-state index contributed by atoms with van der Waals surface area (Å²) >= 11 is 0. The molecule has 2 aliphatic rings. The largest absolute Gasteiger partial charge is 0.337 e. The van der Waals surface area contributed by atoms with Crippen molar-refractivity contribution in [2.45, 2.75) is 40.0 Å². The van der Waals surface area contributed by atoms with E-state index in [-0.39, 0.29) is 5.91 Å². The molecule has 6 nitrogen and oxygen atoms in total. The summed E-state index contributed by atoms with van der Waals surface area (Å²) in [5.41, 5.74) is 7.79. The molecule has 2 N–H and O–H groups in total. The summed E-state index contributed by atoms with van der Waals surface area (Å²) in [7, 11) is 1.79. The van der Waals surface area contributed by atoms with Gasteiger partial charge in [0.2, 0.25) is 5.91 Å². The number of nitrogens with one attached hydrogen (secondary N) is 2. The molecule has 0 bridgehead atoms. The van der Waals surface area contributed by atoms with Crippen molar-refractivity contribution >= 4 is 22.6 Å². The van der Waals surface area contributed by atoms with Crippen LogP contribution in [0.5, 0.6) is 0 Å². The second-order valence-electron chi connectivity index (χ2n) is 8.28. The minimum absolute atomic E-state index is 0.0112. The van der Waals surface area contributed by atoms with Crippen LogP contribution in [0.4, 0.5) is 5.69 Å². The van der Waals surface area contributed by atoms with Crippen molar-refractivity contribution in [1.82, 2.24) is 20.2 Å². The van der Waals surface area contributed by atoms with E-state index in [0.717, 1.165) is 52.6 Å². The highest BCUT2D eigenvalue weighted by Gasteiger charge is 2.53. The van der Waals surface area contributed by atoms with Gasteiger partial charge in [0.05, 0.1) is 11.0 Å². The number of nitrogens with zero attached hydrogens (tertiary/aromatic N) is 3. The predicted octanol–water partition coefficient (Wildman–Crippen LogP) is 3.37. The van der Waals surface area contributed by atoms with Crippen LogP contribution in [0.15, 0.2) is 12.1 Å². The third-order valence-corrected chi connectivity index (χ3v) is 6.38. The normalized spacial score (nSPS) is 23.6. The van der Waals surface area contributed by atoms with Crippen LogP contribution < -0.4 is 4.90 Å². The third kappa shape index (κ3) is 2.14. The van der Waals surface area contributed by atoms with Crippen molar-refractivity contribution in [2.75, 3.05) is 11.9 Å². The van der Waals surface area contributed by atoms with Crippen molar-refractivity contribution in [3.63, 3.8) is 0 Å². The summed E-state index contributed by atoms with van der Waals surface area (Å²) in [6.45, 7) is 5.96. The van der Waals surface area contributed by atoms with Gasteiger partial charge in [-0.05, 0) is 55.2 Å². The van der Waals surface area contributed by atoms with Gasteiger partial charge in [0.15, 0.2) is 5.82 Å². The molecule has 0 radical (unpaired) electrons. The molecule has 0 unspecified atom stereocenters. The lowest BCUT2D eigenvalue weighted by Gasteiger charge is -2.17. The fourth-order valence-electron chi connectivity index (χ4n) is 4.45. The number of carbonyl (C=O) groups excluding carboxylic acids is 1. The van der Waals surface area contributed by atoms with Gasteiger partial charge in [-0.25, -0.2) is 4.98 Å². The zero-order chi connectivity index (χ0) is 18.2. The summed E-state index contributed by atoms with van der Waals surface area (Å²) < 4.78 is 0. The van der Waals surface area contributed by atoms with Gasteiger partial charge in [-0.3, -0.25) is 9.89 Å². The van der Waals surface area contributed by atoms with Crippen LogP contribution >= 0.6 is 0 Å². The van der Waals surface area contributed by atoms with Crippen LogP contribution in [0.25, 0.3) is 22.6 Å². The van der Waals surface area contributed by atoms with E-state index in [4.69, 9.17) is 4.98 Å². The number of fused-ring (bicyclic) bond motifs is 3. The van der Waals surface area contributed by atoms with Crippen molar-refractivity contribution in [2.24, 2.45) is 11.3 Å². The molecular formula is C20H23N5O. The Morgan fingerprint density at radius 2 is 2.19 bits per heavy atom. The number of hydrogen-bond donors (Lipinski definition) is 2. The van der Waals surface area contributed by atoms with Crippen molar-refractivity contribution in [1.29, 1.82) is 0 Å². The maximum atomic E-state index is 11.7. The Morgan fingerprint density at radius 1 is 1.38 bits per heavy atom. The first-order valence-electron chi connectivity index (χ1n) is 9.17. The summed E-state index contributed by atoms with van der Waals surface area (Å²) in [5.74, 6) is 1.61. The van der Waals surface area contributed by atoms with Crippen molar-refractivity contribution in [3.8, 4) is 11.5 Å². The number of carbonyl (C=O) groups is 1. The van der Waals surface area contributed by atoms with Gasteiger partial charge in [-0.2, -0.15) is 5.10 Å². The Morgan fingerprint density at radius 3 is 2.96 bits per heavy atom. The monoisotopic (exact) mass is 349 g/mol. The van der Waals surface area contributed by atoms with Crippen LogP contribution in [-0.4, -0.2) is 33.1 Å². The first kappa shape index (κ1) is 15.6. The van der Waals surface area contributed by atoms with E-state index < -0.39 is 0 Å². The van der Waals surface area contributed by atoms with Gasteiger partial charge in [0.25, 0.3) is 0 Å². The number of benzene rings is 1. The number of amides is 1. The van der Waals surface area contributed by atoms with Crippen molar-refractivity contribution in [3.05, 3.63) is 29.0 Å². The lowest BCUT2D eigenvalue weighted by molar-refractivity contribution is -0.116. The Bertz CT molecular complexity index is 1060. The highest BCUT2D eigenvalue weighted by Crippen LogP contribution is 2.59. The van der Waals surface area contributed by atoms with Crippen LogP contribution in [0.2, 0.25) is 0 Å². The fourth-order valence-corrected chi connectivity index (χ4v) is 4.45. The lowest BCUT2D eigenvalue weighted by atomic mass is 9.88. The molecule has 2 aromatic heterocycles. The van der Waals surface area contributed by atoms with Gasteiger partial charge in [-0.1, -0.05) is 6.92 Å². The van der Waals surface area contributed by atoms with Gasteiger partial charge in [0.1, 0.15) is 5.69 Å². The molecule has 6 heteroatoms. The summed E-state index contributed by atoms with van der Waals surface area (Å²) in [4.78, 5) is 21.6. The van der Waals surface area contributed by atoms with Gasteiger partial charge in [0, 0.05) is 30.9 Å². The van der Waals surface area contributed by atoms with E-state index in [1.165, 1.54) is 17.7 Å². The highest BCUT2D eigenvalue weighted by molar-refractivity contribution is 5.95. The van der Waals surface area contributed by atoms with Gasteiger partial charge >= 0.3 is 0 Å². The molecule has 2 aliphatic carbocycles. The highest BCUT2D eigenvalue weighted by atomic mass is 16.2. The number of aromatic nitrogens is 4. The third-order valence-electron chi connectivity index (χ3n) is 6.38. The minimum Gasteiger partial charge on any atom is -0.337 e.